The molecule has 0 saturated heterocycles. The average molecular weight is 340 g/mol. The van der Waals surface area contributed by atoms with Crippen LogP contribution in [0.1, 0.15) is 44.1 Å². The zero-order valence-electron chi connectivity index (χ0n) is 13.1. The molecule has 4 nitrogen and oxygen atoms in total. The molecule has 0 bridgehead atoms. The van der Waals surface area contributed by atoms with Crippen LogP contribution in [0.5, 0.6) is 0 Å². The van der Waals surface area contributed by atoms with Gasteiger partial charge in [0.15, 0.2) is 0 Å². The Morgan fingerprint density at radius 1 is 1.08 bits per heavy atom. The maximum atomic E-state index is 12.7. The Labute approximate surface area is 137 Å². The first-order valence-electron chi connectivity index (χ1n) is 8.11. The predicted octanol–water partition coefficient (Wildman–Crippen LogP) is 3.48. The van der Waals surface area contributed by atoms with Gasteiger partial charge < -0.3 is 10.6 Å². The van der Waals surface area contributed by atoms with Gasteiger partial charge in [0, 0.05) is 11.7 Å². The molecular formula is C17H19F3N2O2. The number of amides is 2. The van der Waals surface area contributed by atoms with Crippen molar-refractivity contribution in [3.63, 3.8) is 0 Å². The summed E-state index contributed by atoms with van der Waals surface area (Å²) >= 11 is 0. The van der Waals surface area contributed by atoms with Gasteiger partial charge in [0.05, 0.1) is 5.56 Å². The largest absolute Gasteiger partial charge is 0.416 e. The smallest absolute Gasteiger partial charge is 0.352 e. The molecule has 0 aromatic heterocycles. The molecule has 2 N–H and O–H groups in total. The number of halogens is 3. The molecule has 3 rings (SSSR count). The molecule has 2 amide bonds. The lowest BCUT2D eigenvalue weighted by molar-refractivity contribution is -0.138. The topological polar surface area (TPSA) is 58.2 Å². The summed E-state index contributed by atoms with van der Waals surface area (Å²) in [5.74, 6) is -0.837. The number of hydrogen-bond acceptors (Lipinski definition) is 2. The van der Waals surface area contributed by atoms with Crippen LogP contribution in [0.4, 0.5) is 18.9 Å². The summed E-state index contributed by atoms with van der Waals surface area (Å²) in [6.07, 6.45) is 0.335. The molecule has 24 heavy (non-hydrogen) atoms. The summed E-state index contributed by atoms with van der Waals surface area (Å²) < 4.78 is 38.2. The number of anilines is 1. The van der Waals surface area contributed by atoms with E-state index in [9.17, 15) is 22.8 Å². The van der Waals surface area contributed by atoms with Crippen molar-refractivity contribution < 1.29 is 22.8 Å². The van der Waals surface area contributed by atoms with Crippen molar-refractivity contribution in [1.82, 2.24) is 5.32 Å². The summed E-state index contributed by atoms with van der Waals surface area (Å²) in [5.41, 5.74) is -1.91. The second-order valence-corrected chi connectivity index (χ2v) is 6.57. The highest BCUT2D eigenvalue weighted by molar-refractivity contribution is 6.13. The predicted molar refractivity (Wildman–Crippen MR) is 82.1 cm³/mol. The maximum Gasteiger partial charge on any atom is 0.416 e. The number of carbonyl (C=O) groups is 2. The molecule has 7 heteroatoms. The highest BCUT2D eigenvalue weighted by atomic mass is 19.4. The molecule has 0 spiro atoms. The van der Waals surface area contributed by atoms with Gasteiger partial charge >= 0.3 is 6.18 Å². The quantitative estimate of drug-likeness (QED) is 0.825. The Hall–Kier alpha value is -2.05. The zero-order chi connectivity index (χ0) is 17.4. The van der Waals surface area contributed by atoms with E-state index in [0.717, 1.165) is 37.8 Å². The number of hydrogen-bond donors (Lipinski definition) is 2. The first-order chi connectivity index (χ1) is 11.3. The van der Waals surface area contributed by atoms with Crippen molar-refractivity contribution in [2.75, 3.05) is 5.32 Å². The first kappa shape index (κ1) is 16.8. The molecule has 0 radical (unpaired) electrons. The van der Waals surface area contributed by atoms with Crippen molar-refractivity contribution in [2.24, 2.45) is 5.41 Å². The van der Waals surface area contributed by atoms with Crippen LogP contribution in [0, 0.1) is 5.41 Å². The summed E-state index contributed by atoms with van der Waals surface area (Å²) in [6, 6.07) is 4.55. The van der Waals surface area contributed by atoms with E-state index in [1.54, 1.807) is 0 Å². The monoisotopic (exact) mass is 340 g/mol. The van der Waals surface area contributed by atoms with E-state index in [0.29, 0.717) is 12.8 Å². The zero-order valence-corrected chi connectivity index (χ0v) is 13.1. The Bertz CT molecular complexity index is 647. The van der Waals surface area contributed by atoms with Gasteiger partial charge in [0.1, 0.15) is 5.41 Å². The van der Waals surface area contributed by atoms with Crippen LogP contribution in [0.3, 0.4) is 0 Å². The third-order valence-electron chi connectivity index (χ3n) is 4.76. The lowest BCUT2D eigenvalue weighted by Crippen LogP contribution is -2.43. The van der Waals surface area contributed by atoms with Crippen molar-refractivity contribution in [3.8, 4) is 0 Å². The summed E-state index contributed by atoms with van der Waals surface area (Å²) in [4.78, 5) is 24.8. The number of benzene rings is 1. The SMILES string of the molecule is O=C(Nc1cccc(C(F)(F)F)c1)C1(C(=O)NC2CCCC2)CC1. The minimum atomic E-state index is -4.47. The highest BCUT2D eigenvalue weighted by Crippen LogP contribution is 2.47. The molecule has 1 aromatic rings. The maximum absolute atomic E-state index is 12.7. The van der Waals surface area contributed by atoms with Crippen LogP contribution in [-0.4, -0.2) is 17.9 Å². The van der Waals surface area contributed by atoms with Crippen molar-refractivity contribution in [2.45, 2.75) is 50.7 Å². The molecule has 0 unspecified atom stereocenters. The fraction of sp³-hybridized carbons (Fsp3) is 0.529. The van der Waals surface area contributed by atoms with E-state index in [1.807, 2.05) is 0 Å². The Morgan fingerprint density at radius 2 is 1.75 bits per heavy atom. The standard InChI is InChI=1S/C17H19F3N2O2/c18-17(19,20)11-4-3-7-13(10-11)22-15(24)16(8-9-16)14(23)21-12-5-1-2-6-12/h3-4,7,10,12H,1-2,5-6,8-9H2,(H,21,23)(H,22,24). The van der Waals surface area contributed by atoms with Crippen LogP contribution in [0.2, 0.25) is 0 Å². The van der Waals surface area contributed by atoms with Crippen LogP contribution >= 0.6 is 0 Å². The first-order valence-corrected chi connectivity index (χ1v) is 8.11. The lowest BCUT2D eigenvalue weighted by atomic mass is 10.0. The second kappa shape index (κ2) is 6.11. The number of rotatable bonds is 4. The van der Waals surface area contributed by atoms with E-state index in [2.05, 4.69) is 10.6 Å². The Morgan fingerprint density at radius 3 is 2.33 bits per heavy atom. The molecule has 1 aromatic carbocycles. The summed E-state index contributed by atoms with van der Waals surface area (Å²) in [5, 5.41) is 5.37. The van der Waals surface area contributed by atoms with Gasteiger partial charge in [-0.25, -0.2) is 0 Å². The fourth-order valence-electron chi connectivity index (χ4n) is 3.10. The molecule has 0 aliphatic heterocycles. The van der Waals surface area contributed by atoms with Crippen LogP contribution < -0.4 is 10.6 Å². The molecule has 0 atom stereocenters. The molecule has 2 fully saturated rings. The van der Waals surface area contributed by atoms with Gasteiger partial charge in [-0.2, -0.15) is 13.2 Å². The van der Waals surface area contributed by atoms with Gasteiger partial charge in [-0.1, -0.05) is 18.9 Å². The van der Waals surface area contributed by atoms with E-state index in [-0.39, 0.29) is 17.6 Å². The van der Waals surface area contributed by atoms with E-state index in [1.165, 1.54) is 12.1 Å². The van der Waals surface area contributed by atoms with Crippen LogP contribution in [0.15, 0.2) is 24.3 Å². The van der Waals surface area contributed by atoms with Gasteiger partial charge in [0.2, 0.25) is 11.8 Å². The number of nitrogens with one attached hydrogen (secondary N) is 2. The molecular weight excluding hydrogens is 321 g/mol. The minimum Gasteiger partial charge on any atom is -0.352 e. The molecule has 130 valence electrons. The molecule has 0 heterocycles. The third-order valence-corrected chi connectivity index (χ3v) is 4.76. The summed E-state index contributed by atoms with van der Waals surface area (Å²) in [6.45, 7) is 0. The van der Waals surface area contributed by atoms with E-state index >= 15 is 0 Å². The van der Waals surface area contributed by atoms with Crippen molar-refractivity contribution in [1.29, 1.82) is 0 Å². The van der Waals surface area contributed by atoms with Gasteiger partial charge in [-0.05, 0) is 43.9 Å². The van der Waals surface area contributed by atoms with Crippen LogP contribution in [-0.2, 0) is 15.8 Å². The summed E-state index contributed by atoms with van der Waals surface area (Å²) in [7, 11) is 0. The van der Waals surface area contributed by atoms with Crippen molar-refractivity contribution >= 4 is 17.5 Å². The van der Waals surface area contributed by atoms with Crippen molar-refractivity contribution in [3.05, 3.63) is 29.8 Å². The third kappa shape index (κ3) is 3.39. The molecule has 2 aliphatic carbocycles. The molecule has 2 saturated carbocycles. The Kier molecular flexibility index (Phi) is 4.27. The highest BCUT2D eigenvalue weighted by Gasteiger charge is 2.56. The normalized spacial score (nSPS) is 19.8. The van der Waals surface area contributed by atoms with Gasteiger partial charge in [-0.3, -0.25) is 9.59 Å². The van der Waals surface area contributed by atoms with Crippen LogP contribution in [0.25, 0.3) is 0 Å². The lowest BCUT2D eigenvalue weighted by Gasteiger charge is -2.19. The Balaban J connectivity index is 1.67. The second-order valence-electron chi connectivity index (χ2n) is 6.57. The van der Waals surface area contributed by atoms with Gasteiger partial charge in [0.25, 0.3) is 0 Å². The number of carbonyl (C=O) groups excluding carboxylic acids is 2. The van der Waals surface area contributed by atoms with E-state index in [4.69, 9.17) is 0 Å². The fourth-order valence-corrected chi connectivity index (χ4v) is 3.10. The van der Waals surface area contributed by atoms with Gasteiger partial charge in [-0.15, -0.1) is 0 Å². The number of alkyl halides is 3. The molecule has 2 aliphatic rings. The minimum absolute atomic E-state index is 0.0507. The average Bonchev–Trinajstić information content (AvgIpc) is 3.19. The van der Waals surface area contributed by atoms with E-state index < -0.39 is 23.1 Å².